The van der Waals surface area contributed by atoms with Crippen LogP contribution in [0.25, 0.3) is 88.3 Å². The van der Waals surface area contributed by atoms with Gasteiger partial charge in [-0.15, -0.1) is 0 Å². The monoisotopic (exact) mass is 765 g/mol. The van der Waals surface area contributed by atoms with Gasteiger partial charge < -0.3 is 9.32 Å². The first-order valence-electron chi connectivity index (χ1n) is 20.5. The molecule has 11 rings (SSSR count). The van der Waals surface area contributed by atoms with Crippen LogP contribution in [-0.2, 0) is 0 Å². The van der Waals surface area contributed by atoms with Gasteiger partial charge in [-0.2, -0.15) is 0 Å². The molecule has 0 unspecified atom stereocenters. The molecule has 1 aromatic heterocycles. The van der Waals surface area contributed by atoms with Crippen molar-refractivity contribution in [3.05, 3.63) is 237 Å². The number of anilines is 3. The molecule has 11 aromatic rings. The predicted molar refractivity (Wildman–Crippen MR) is 253 cm³/mol. The number of furan rings is 1. The number of hydrogen-bond acceptors (Lipinski definition) is 2. The first kappa shape index (κ1) is 35.2. The molecule has 0 radical (unpaired) electrons. The zero-order valence-corrected chi connectivity index (χ0v) is 32.9. The Morgan fingerprint density at radius 3 is 1.50 bits per heavy atom. The highest BCUT2D eigenvalue weighted by Gasteiger charge is 2.16. The Hall–Kier alpha value is -7.94. The standard InChI is InChI=1S/C58H39NO/c1-2-11-40(12-3-1)49-17-9-18-53(39-49)59(52-35-31-45(32-36-52)54-20-10-22-57-58(54)55-19-6-7-21-56(55)60-57)51-33-29-43(30-34-51)42-23-25-44(26-24-42)47-15-8-16-48(37-47)50-28-27-41-13-4-5-14-46(41)38-50/h1-39H. The summed E-state index contributed by atoms with van der Waals surface area (Å²) in [5.41, 5.74) is 16.9. The summed E-state index contributed by atoms with van der Waals surface area (Å²) >= 11 is 0. The van der Waals surface area contributed by atoms with Crippen molar-refractivity contribution in [1.82, 2.24) is 0 Å². The van der Waals surface area contributed by atoms with E-state index >= 15 is 0 Å². The molecule has 2 heteroatoms. The minimum Gasteiger partial charge on any atom is -0.456 e. The minimum absolute atomic E-state index is 0.901. The van der Waals surface area contributed by atoms with Crippen LogP contribution >= 0.6 is 0 Å². The molecule has 0 bridgehead atoms. The number of rotatable bonds is 8. The molecule has 0 saturated carbocycles. The van der Waals surface area contributed by atoms with E-state index in [2.05, 4.69) is 229 Å². The molecule has 282 valence electrons. The molecular formula is C58H39NO. The first-order valence-corrected chi connectivity index (χ1v) is 20.5. The molecule has 0 aliphatic carbocycles. The predicted octanol–water partition coefficient (Wildman–Crippen LogP) is 16.5. The van der Waals surface area contributed by atoms with E-state index in [1.165, 1.54) is 55.3 Å². The lowest BCUT2D eigenvalue weighted by Gasteiger charge is -2.26. The lowest BCUT2D eigenvalue weighted by Crippen LogP contribution is -2.10. The van der Waals surface area contributed by atoms with E-state index in [9.17, 15) is 0 Å². The van der Waals surface area contributed by atoms with Crippen molar-refractivity contribution >= 4 is 49.8 Å². The van der Waals surface area contributed by atoms with Gasteiger partial charge in [-0.3, -0.25) is 0 Å². The Labute approximate surface area is 349 Å². The summed E-state index contributed by atoms with van der Waals surface area (Å²) in [7, 11) is 0. The number of nitrogens with zero attached hydrogens (tertiary/aromatic N) is 1. The van der Waals surface area contributed by atoms with Crippen molar-refractivity contribution in [3.63, 3.8) is 0 Å². The summed E-state index contributed by atoms with van der Waals surface area (Å²) < 4.78 is 6.23. The van der Waals surface area contributed by atoms with Crippen LogP contribution in [0.3, 0.4) is 0 Å². The van der Waals surface area contributed by atoms with Crippen LogP contribution in [0.1, 0.15) is 0 Å². The Balaban J connectivity index is 0.916. The normalized spacial score (nSPS) is 11.3. The third kappa shape index (κ3) is 6.61. The fourth-order valence-electron chi connectivity index (χ4n) is 8.61. The third-order valence-corrected chi connectivity index (χ3v) is 11.7. The van der Waals surface area contributed by atoms with Gasteiger partial charge in [0.05, 0.1) is 0 Å². The highest BCUT2D eigenvalue weighted by Crippen LogP contribution is 2.41. The summed E-state index contributed by atoms with van der Waals surface area (Å²) in [6.45, 7) is 0. The summed E-state index contributed by atoms with van der Waals surface area (Å²) in [6.07, 6.45) is 0. The fraction of sp³-hybridized carbons (Fsp3) is 0. The molecule has 0 spiro atoms. The molecule has 0 saturated heterocycles. The second-order valence-electron chi connectivity index (χ2n) is 15.3. The smallest absolute Gasteiger partial charge is 0.136 e. The number of para-hydroxylation sites is 1. The Morgan fingerprint density at radius 1 is 0.267 bits per heavy atom. The first-order chi connectivity index (χ1) is 29.7. The molecule has 0 aliphatic heterocycles. The molecule has 0 N–H and O–H groups in total. The number of benzene rings is 10. The average Bonchev–Trinajstić information content (AvgIpc) is 3.72. The highest BCUT2D eigenvalue weighted by atomic mass is 16.3. The molecule has 2 nitrogen and oxygen atoms in total. The van der Waals surface area contributed by atoms with Crippen molar-refractivity contribution in [3.8, 4) is 55.6 Å². The average molecular weight is 766 g/mol. The largest absolute Gasteiger partial charge is 0.456 e. The van der Waals surface area contributed by atoms with Gasteiger partial charge in [0.15, 0.2) is 0 Å². The Kier molecular flexibility index (Phi) is 8.87. The van der Waals surface area contributed by atoms with Crippen molar-refractivity contribution in [2.75, 3.05) is 4.90 Å². The van der Waals surface area contributed by atoms with E-state index in [1.807, 2.05) is 12.1 Å². The Morgan fingerprint density at radius 2 is 0.750 bits per heavy atom. The fourth-order valence-corrected chi connectivity index (χ4v) is 8.61. The van der Waals surface area contributed by atoms with Crippen LogP contribution in [0, 0.1) is 0 Å². The van der Waals surface area contributed by atoms with Crippen LogP contribution in [0.5, 0.6) is 0 Å². The summed E-state index contributed by atoms with van der Waals surface area (Å²) in [6, 6.07) is 84.9. The number of fused-ring (bicyclic) bond motifs is 4. The zero-order valence-electron chi connectivity index (χ0n) is 32.9. The molecular weight excluding hydrogens is 727 g/mol. The summed E-state index contributed by atoms with van der Waals surface area (Å²) in [4.78, 5) is 2.35. The highest BCUT2D eigenvalue weighted by molar-refractivity contribution is 6.12. The number of hydrogen-bond donors (Lipinski definition) is 0. The molecule has 0 atom stereocenters. The molecule has 60 heavy (non-hydrogen) atoms. The van der Waals surface area contributed by atoms with Crippen LogP contribution in [0.4, 0.5) is 17.1 Å². The SMILES string of the molecule is c1ccc(-c2cccc(N(c3ccc(-c4ccc(-c5cccc(-c6ccc7ccccc7c6)c5)cc4)cc3)c3ccc(-c4cccc5oc6ccccc6c45)cc3)c2)cc1. The maximum Gasteiger partial charge on any atom is 0.136 e. The van der Waals surface area contributed by atoms with E-state index in [1.54, 1.807) is 0 Å². The van der Waals surface area contributed by atoms with Crippen molar-refractivity contribution in [1.29, 1.82) is 0 Å². The second kappa shape index (κ2) is 15.1. The maximum absolute atomic E-state index is 6.23. The lowest BCUT2D eigenvalue weighted by molar-refractivity contribution is 0.669. The summed E-state index contributed by atoms with van der Waals surface area (Å²) in [5.74, 6) is 0. The summed E-state index contributed by atoms with van der Waals surface area (Å²) in [5, 5.41) is 4.79. The topological polar surface area (TPSA) is 16.4 Å². The van der Waals surface area contributed by atoms with E-state index in [0.717, 1.165) is 50.1 Å². The minimum atomic E-state index is 0.901. The van der Waals surface area contributed by atoms with Gasteiger partial charge >= 0.3 is 0 Å². The van der Waals surface area contributed by atoms with Crippen LogP contribution < -0.4 is 4.90 Å². The second-order valence-corrected chi connectivity index (χ2v) is 15.3. The molecule has 1 heterocycles. The van der Waals surface area contributed by atoms with Gasteiger partial charge in [-0.05, 0) is 127 Å². The van der Waals surface area contributed by atoms with Crippen LogP contribution in [0.2, 0.25) is 0 Å². The van der Waals surface area contributed by atoms with E-state index in [4.69, 9.17) is 4.42 Å². The Bertz CT molecular complexity index is 3290. The van der Waals surface area contributed by atoms with Crippen molar-refractivity contribution in [2.24, 2.45) is 0 Å². The molecule has 0 amide bonds. The van der Waals surface area contributed by atoms with Crippen LogP contribution in [-0.4, -0.2) is 0 Å². The van der Waals surface area contributed by atoms with Gasteiger partial charge in [-0.25, -0.2) is 0 Å². The van der Waals surface area contributed by atoms with Crippen LogP contribution in [0.15, 0.2) is 241 Å². The van der Waals surface area contributed by atoms with E-state index in [0.29, 0.717) is 0 Å². The van der Waals surface area contributed by atoms with Gasteiger partial charge in [-0.1, -0.05) is 176 Å². The van der Waals surface area contributed by atoms with Gasteiger partial charge in [0.2, 0.25) is 0 Å². The lowest BCUT2D eigenvalue weighted by atomic mass is 9.96. The quantitative estimate of drug-likeness (QED) is 0.153. The van der Waals surface area contributed by atoms with Gasteiger partial charge in [0.25, 0.3) is 0 Å². The maximum atomic E-state index is 6.23. The molecule has 0 fully saturated rings. The molecule has 10 aromatic carbocycles. The van der Waals surface area contributed by atoms with Crippen molar-refractivity contribution < 1.29 is 4.42 Å². The third-order valence-electron chi connectivity index (χ3n) is 11.7. The van der Waals surface area contributed by atoms with E-state index in [-0.39, 0.29) is 0 Å². The van der Waals surface area contributed by atoms with Gasteiger partial charge in [0.1, 0.15) is 11.2 Å². The van der Waals surface area contributed by atoms with Gasteiger partial charge in [0, 0.05) is 27.8 Å². The van der Waals surface area contributed by atoms with E-state index < -0.39 is 0 Å². The van der Waals surface area contributed by atoms with Crippen molar-refractivity contribution in [2.45, 2.75) is 0 Å². The zero-order chi connectivity index (χ0) is 39.8. The molecule has 0 aliphatic rings.